The van der Waals surface area contributed by atoms with Crippen LogP contribution >= 0.6 is 0 Å². The van der Waals surface area contributed by atoms with Crippen LogP contribution in [0.5, 0.6) is 0 Å². The fraction of sp³-hybridized carbons (Fsp3) is 0. The van der Waals surface area contributed by atoms with Gasteiger partial charge in [-0.05, 0) is 17.7 Å². The number of fused-ring (bicyclic) bond motifs is 1. The second kappa shape index (κ2) is 2.56. The van der Waals surface area contributed by atoms with Crippen LogP contribution in [0.4, 0.5) is 5.69 Å². The zero-order chi connectivity index (χ0) is 8.39. The Morgan fingerprint density at radius 2 is 2.50 bits per heavy atom. The van der Waals surface area contributed by atoms with Crippen molar-refractivity contribution in [2.75, 3.05) is 0 Å². The molecule has 0 atom stereocenters. The van der Waals surface area contributed by atoms with E-state index in [1.54, 1.807) is 29.1 Å². The van der Waals surface area contributed by atoms with Crippen molar-refractivity contribution in [3.8, 4) is 0 Å². The van der Waals surface area contributed by atoms with Crippen LogP contribution in [0.15, 0.2) is 36.0 Å². The van der Waals surface area contributed by atoms with Gasteiger partial charge in [-0.25, -0.2) is 4.98 Å². The maximum absolute atomic E-state index is 8.25. The predicted octanol–water partition coefficient (Wildman–Crippen LogP) is 2.28. The van der Waals surface area contributed by atoms with Gasteiger partial charge in [0.2, 0.25) is 0 Å². The molecular weight excluding hydrogens is 154 g/mol. The molecule has 0 radical (unpaired) electrons. The third-order valence-corrected chi connectivity index (χ3v) is 1.58. The fourth-order valence-corrected chi connectivity index (χ4v) is 1.07. The Balaban J connectivity index is 2.81. The Kier molecular flexibility index (Phi) is 1.43. The van der Waals surface area contributed by atoms with E-state index in [0.29, 0.717) is 5.69 Å². The summed E-state index contributed by atoms with van der Waals surface area (Å²) in [4.78, 5) is 6.64. The number of aromatic nitrogens is 2. The van der Waals surface area contributed by atoms with Crippen molar-refractivity contribution in [1.29, 1.82) is 0 Å². The van der Waals surface area contributed by atoms with E-state index in [0.717, 1.165) is 5.52 Å². The maximum atomic E-state index is 8.25. The Morgan fingerprint density at radius 3 is 3.33 bits per heavy atom. The molecule has 12 heavy (non-hydrogen) atoms. The topological polar surface area (TPSA) is 66.1 Å². The van der Waals surface area contributed by atoms with Crippen LogP contribution in [0.3, 0.4) is 0 Å². The molecular formula is C7H5N5. The molecule has 5 nitrogen and oxygen atoms in total. The molecule has 2 heterocycles. The molecule has 2 aromatic rings. The lowest BCUT2D eigenvalue weighted by Gasteiger charge is -1.94. The molecule has 2 aromatic heterocycles. The van der Waals surface area contributed by atoms with Gasteiger partial charge in [0, 0.05) is 11.1 Å². The number of hydrogen-bond donors (Lipinski definition) is 0. The molecule has 0 aliphatic heterocycles. The SMILES string of the molecule is [N-]=[N+]=Nc1cccn2cncc12. The standard InChI is InChI=1S/C7H5N5/c8-11-10-6-2-1-3-12-5-9-4-7(6)12/h1-5H. The third kappa shape index (κ3) is 0.889. The molecule has 58 valence electrons. The van der Waals surface area contributed by atoms with Crippen molar-refractivity contribution in [2.45, 2.75) is 0 Å². The van der Waals surface area contributed by atoms with Crippen LogP contribution < -0.4 is 0 Å². The summed E-state index contributed by atoms with van der Waals surface area (Å²) >= 11 is 0. The van der Waals surface area contributed by atoms with Gasteiger partial charge < -0.3 is 4.40 Å². The van der Waals surface area contributed by atoms with E-state index in [-0.39, 0.29) is 0 Å². The maximum Gasteiger partial charge on any atom is 0.0992 e. The Bertz CT molecular complexity index is 452. The lowest BCUT2D eigenvalue weighted by molar-refractivity contribution is 1.15. The van der Waals surface area contributed by atoms with Crippen LogP contribution in [0.2, 0.25) is 0 Å². The van der Waals surface area contributed by atoms with Gasteiger partial charge >= 0.3 is 0 Å². The molecule has 0 fully saturated rings. The quantitative estimate of drug-likeness (QED) is 0.357. The second-order valence-electron chi connectivity index (χ2n) is 2.27. The highest BCUT2D eigenvalue weighted by molar-refractivity contribution is 5.67. The zero-order valence-electron chi connectivity index (χ0n) is 6.12. The van der Waals surface area contributed by atoms with E-state index in [9.17, 15) is 0 Å². The average Bonchev–Trinajstić information content (AvgIpc) is 2.53. The minimum absolute atomic E-state index is 0.595. The summed E-state index contributed by atoms with van der Waals surface area (Å²) in [6, 6.07) is 3.55. The van der Waals surface area contributed by atoms with Crippen LogP contribution in [0.25, 0.3) is 16.0 Å². The van der Waals surface area contributed by atoms with Crippen molar-refractivity contribution < 1.29 is 0 Å². The highest BCUT2D eigenvalue weighted by Gasteiger charge is 1.96. The molecule has 0 aromatic carbocycles. The molecule has 2 rings (SSSR count). The first-order chi connectivity index (χ1) is 5.92. The van der Waals surface area contributed by atoms with E-state index in [1.165, 1.54) is 0 Å². The summed E-state index contributed by atoms with van der Waals surface area (Å²) < 4.78 is 1.80. The van der Waals surface area contributed by atoms with Gasteiger partial charge in [0.1, 0.15) is 0 Å². The number of hydrogen-bond acceptors (Lipinski definition) is 2. The predicted molar refractivity (Wildman–Crippen MR) is 44.0 cm³/mol. The second-order valence-corrected chi connectivity index (χ2v) is 2.27. The molecule has 0 N–H and O–H groups in total. The Labute approximate surface area is 67.9 Å². The van der Waals surface area contributed by atoms with Crippen LogP contribution in [-0.2, 0) is 0 Å². The van der Waals surface area contributed by atoms with E-state index in [2.05, 4.69) is 15.0 Å². The van der Waals surface area contributed by atoms with Gasteiger partial charge in [-0.1, -0.05) is 5.11 Å². The monoisotopic (exact) mass is 159 g/mol. The highest BCUT2D eigenvalue weighted by atomic mass is 15.1. The summed E-state index contributed by atoms with van der Waals surface area (Å²) in [7, 11) is 0. The molecule has 0 saturated carbocycles. The molecule has 0 spiro atoms. The highest BCUT2D eigenvalue weighted by Crippen LogP contribution is 2.18. The first-order valence-electron chi connectivity index (χ1n) is 3.37. The minimum Gasteiger partial charge on any atom is -0.306 e. The van der Waals surface area contributed by atoms with Crippen LogP contribution in [-0.4, -0.2) is 9.38 Å². The smallest absolute Gasteiger partial charge is 0.0992 e. The van der Waals surface area contributed by atoms with E-state index in [4.69, 9.17) is 5.53 Å². The van der Waals surface area contributed by atoms with Gasteiger partial charge in [-0.2, -0.15) is 0 Å². The molecule has 0 amide bonds. The van der Waals surface area contributed by atoms with E-state index in [1.807, 2.05) is 6.20 Å². The Hall–Kier alpha value is -2.00. The van der Waals surface area contributed by atoms with Crippen molar-refractivity contribution in [1.82, 2.24) is 9.38 Å². The van der Waals surface area contributed by atoms with E-state index < -0.39 is 0 Å². The minimum atomic E-state index is 0.595. The third-order valence-electron chi connectivity index (χ3n) is 1.58. The Morgan fingerprint density at radius 1 is 1.58 bits per heavy atom. The molecule has 0 saturated heterocycles. The number of imidazole rings is 1. The number of rotatable bonds is 1. The number of azide groups is 1. The van der Waals surface area contributed by atoms with Crippen LogP contribution in [0, 0.1) is 0 Å². The van der Waals surface area contributed by atoms with Gasteiger partial charge in [-0.3, -0.25) is 0 Å². The lowest BCUT2D eigenvalue weighted by atomic mass is 10.4. The van der Waals surface area contributed by atoms with Crippen molar-refractivity contribution in [2.24, 2.45) is 5.11 Å². The lowest BCUT2D eigenvalue weighted by Crippen LogP contribution is -1.78. The fourth-order valence-electron chi connectivity index (χ4n) is 1.07. The van der Waals surface area contributed by atoms with Gasteiger partial charge in [0.05, 0.1) is 23.7 Å². The summed E-state index contributed by atoms with van der Waals surface area (Å²) in [5.74, 6) is 0. The van der Waals surface area contributed by atoms with Gasteiger partial charge in [0.15, 0.2) is 0 Å². The first kappa shape index (κ1) is 6.69. The summed E-state index contributed by atoms with van der Waals surface area (Å²) in [6.07, 6.45) is 5.16. The van der Waals surface area contributed by atoms with Gasteiger partial charge in [0.25, 0.3) is 0 Å². The van der Waals surface area contributed by atoms with Crippen molar-refractivity contribution >= 4 is 11.2 Å². The summed E-state index contributed by atoms with van der Waals surface area (Å²) in [6.45, 7) is 0. The molecule has 0 unspecified atom stereocenters. The van der Waals surface area contributed by atoms with E-state index >= 15 is 0 Å². The zero-order valence-corrected chi connectivity index (χ0v) is 6.12. The molecule has 5 heteroatoms. The summed E-state index contributed by atoms with van der Waals surface area (Å²) in [5, 5.41) is 3.53. The molecule has 0 bridgehead atoms. The van der Waals surface area contributed by atoms with Crippen LogP contribution in [0.1, 0.15) is 0 Å². The number of nitrogens with zero attached hydrogens (tertiary/aromatic N) is 5. The average molecular weight is 159 g/mol. The molecule has 0 aliphatic rings. The van der Waals surface area contributed by atoms with Crippen molar-refractivity contribution in [3.05, 3.63) is 41.3 Å². The largest absolute Gasteiger partial charge is 0.306 e. The number of pyridine rings is 1. The summed E-state index contributed by atoms with van der Waals surface area (Å²) in [5.41, 5.74) is 9.66. The van der Waals surface area contributed by atoms with Gasteiger partial charge in [-0.15, -0.1) is 0 Å². The first-order valence-corrected chi connectivity index (χ1v) is 3.37. The molecule has 0 aliphatic carbocycles. The van der Waals surface area contributed by atoms with Crippen molar-refractivity contribution in [3.63, 3.8) is 0 Å². The normalized spacial score (nSPS) is 9.67.